The topological polar surface area (TPSA) is 90.3 Å². The van der Waals surface area contributed by atoms with E-state index in [1.165, 1.54) is 11.8 Å². The van der Waals surface area contributed by atoms with E-state index in [1.807, 2.05) is 26.8 Å². The first kappa shape index (κ1) is 20.5. The Morgan fingerprint density at radius 3 is 2.64 bits per heavy atom. The molecule has 0 spiro atoms. The van der Waals surface area contributed by atoms with Crippen molar-refractivity contribution in [2.75, 3.05) is 13.7 Å². The fourth-order valence-electron chi connectivity index (χ4n) is 3.32. The second kappa shape index (κ2) is 7.67. The number of methoxy groups -OCH3 is 1. The lowest BCUT2D eigenvalue weighted by Gasteiger charge is -2.21. The number of sulfonamides is 1. The van der Waals surface area contributed by atoms with Gasteiger partial charge < -0.3 is 4.74 Å². The van der Waals surface area contributed by atoms with Crippen molar-refractivity contribution in [2.45, 2.75) is 56.9 Å². The number of hydrogen-bond donors (Lipinski definition) is 1. The molecule has 1 aliphatic rings. The third-order valence-electron chi connectivity index (χ3n) is 4.96. The van der Waals surface area contributed by atoms with Gasteiger partial charge in [0.05, 0.1) is 19.3 Å². The number of benzene rings is 1. The normalized spacial score (nSPS) is 14.1. The molecular weight excluding hydrogens is 378 g/mol. The minimum Gasteiger partial charge on any atom is -0.495 e. The largest absolute Gasteiger partial charge is 0.495 e. The molecule has 7 nitrogen and oxygen atoms in total. The summed E-state index contributed by atoms with van der Waals surface area (Å²) in [6.07, 6.45) is 2.75. The van der Waals surface area contributed by atoms with Gasteiger partial charge in [-0.3, -0.25) is 4.79 Å². The van der Waals surface area contributed by atoms with Crippen LogP contribution in [0.3, 0.4) is 0 Å². The fourth-order valence-corrected chi connectivity index (χ4v) is 4.53. The highest BCUT2D eigenvalue weighted by atomic mass is 32.2. The molecule has 0 unspecified atom stereocenters. The molecule has 0 fully saturated rings. The molecule has 0 aliphatic heterocycles. The third-order valence-corrected chi connectivity index (χ3v) is 6.44. The molecule has 0 saturated carbocycles. The van der Waals surface area contributed by atoms with Gasteiger partial charge in [-0.15, -0.1) is 0 Å². The van der Waals surface area contributed by atoms with Crippen LogP contribution in [0.2, 0.25) is 0 Å². The Morgan fingerprint density at radius 2 is 1.96 bits per heavy atom. The van der Waals surface area contributed by atoms with Gasteiger partial charge in [0.25, 0.3) is 5.56 Å². The predicted octanol–water partition coefficient (Wildman–Crippen LogP) is 2.02. The summed E-state index contributed by atoms with van der Waals surface area (Å²) in [5, 5.41) is 4.37. The Kier molecular flexibility index (Phi) is 5.63. The van der Waals surface area contributed by atoms with E-state index in [9.17, 15) is 13.2 Å². The zero-order chi connectivity index (χ0) is 20.5. The zero-order valence-electron chi connectivity index (χ0n) is 16.8. The molecule has 1 heterocycles. The minimum absolute atomic E-state index is 0.0664. The average molecular weight is 406 g/mol. The Morgan fingerprint density at radius 1 is 1.21 bits per heavy atom. The fraction of sp³-hybridized carbons (Fsp3) is 0.500. The molecule has 1 aromatic heterocycles. The summed E-state index contributed by atoms with van der Waals surface area (Å²) in [5.74, 6) is 0.285. The van der Waals surface area contributed by atoms with Crippen molar-refractivity contribution in [3.63, 3.8) is 0 Å². The summed E-state index contributed by atoms with van der Waals surface area (Å²) in [7, 11) is -2.35. The monoisotopic (exact) mass is 405 g/mol. The van der Waals surface area contributed by atoms with Gasteiger partial charge in [-0.1, -0.05) is 26.8 Å². The molecule has 0 bridgehead atoms. The summed E-state index contributed by atoms with van der Waals surface area (Å²) in [6, 6.07) is 6.79. The van der Waals surface area contributed by atoms with Crippen molar-refractivity contribution >= 4 is 10.0 Å². The van der Waals surface area contributed by atoms with Crippen molar-refractivity contribution in [1.82, 2.24) is 14.5 Å². The number of fused-ring (bicyclic) bond motifs is 1. The van der Waals surface area contributed by atoms with Crippen LogP contribution >= 0.6 is 0 Å². The second-order valence-electron chi connectivity index (χ2n) is 8.04. The van der Waals surface area contributed by atoms with E-state index in [-0.39, 0.29) is 34.7 Å². The second-order valence-corrected chi connectivity index (χ2v) is 9.78. The molecule has 1 aromatic carbocycles. The van der Waals surface area contributed by atoms with E-state index in [0.717, 1.165) is 36.1 Å². The van der Waals surface area contributed by atoms with Gasteiger partial charge in [-0.25, -0.2) is 17.8 Å². The summed E-state index contributed by atoms with van der Waals surface area (Å²) >= 11 is 0. The van der Waals surface area contributed by atoms with Crippen LogP contribution in [-0.2, 0) is 34.8 Å². The SMILES string of the molecule is COc1ccc(C(C)(C)C)cc1S(=O)(=O)NCCn1nc2c(cc1=O)CCC2. The number of rotatable bonds is 6. The molecule has 0 saturated heterocycles. The van der Waals surface area contributed by atoms with Crippen LogP contribution in [0, 0.1) is 0 Å². The van der Waals surface area contributed by atoms with Gasteiger partial charge in [0.15, 0.2) is 0 Å². The number of aromatic nitrogens is 2. The zero-order valence-corrected chi connectivity index (χ0v) is 17.6. The summed E-state index contributed by atoms with van der Waals surface area (Å²) < 4.78 is 34.8. The lowest BCUT2D eigenvalue weighted by atomic mass is 9.87. The first-order chi connectivity index (χ1) is 13.1. The van der Waals surface area contributed by atoms with Gasteiger partial charge in [0.2, 0.25) is 10.0 Å². The molecule has 0 amide bonds. The Hall–Kier alpha value is -2.19. The van der Waals surface area contributed by atoms with Gasteiger partial charge >= 0.3 is 0 Å². The molecule has 2 aromatic rings. The number of nitrogens with zero attached hydrogens (tertiary/aromatic N) is 2. The van der Waals surface area contributed by atoms with Crippen LogP contribution in [0.1, 0.15) is 44.0 Å². The van der Waals surface area contributed by atoms with Crippen molar-refractivity contribution in [2.24, 2.45) is 0 Å². The summed E-state index contributed by atoms with van der Waals surface area (Å²) in [4.78, 5) is 12.3. The van der Waals surface area contributed by atoms with E-state index in [4.69, 9.17) is 4.74 Å². The molecule has 0 atom stereocenters. The van der Waals surface area contributed by atoms with Crippen LogP contribution in [-0.4, -0.2) is 31.9 Å². The van der Waals surface area contributed by atoms with E-state index < -0.39 is 10.0 Å². The van der Waals surface area contributed by atoms with E-state index in [0.29, 0.717) is 0 Å². The lowest BCUT2D eigenvalue weighted by Crippen LogP contribution is -2.32. The van der Waals surface area contributed by atoms with Gasteiger partial charge in [0, 0.05) is 12.6 Å². The van der Waals surface area contributed by atoms with Crippen LogP contribution in [0.5, 0.6) is 5.75 Å². The highest BCUT2D eigenvalue weighted by Crippen LogP contribution is 2.30. The maximum atomic E-state index is 12.9. The van der Waals surface area contributed by atoms with Gasteiger partial charge in [-0.05, 0) is 47.9 Å². The Bertz CT molecular complexity index is 1040. The van der Waals surface area contributed by atoms with E-state index in [2.05, 4.69) is 9.82 Å². The summed E-state index contributed by atoms with van der Waals surface area (Å²) in [5.41, 5.74) is 2.43. The standard InChI is InChI=1S/C20H27N3O4S/c1-20(2,3)15-8-9-17(27-4)18(13-15)28(25,26)21-10-11-23-19(24)12-14-6-5-7-16(14)22-23/h8-9,12-13,21H,5-7,10-11H2,1-4H3. The van der Waals surface area contributed by atoms with Gasteiger partial charge in [0.1, 0.15) is 10.6 Å². The molecule has 152 valence electrons. The predicted molar refractivity (Wildman–Crippen MR) is 107 cm³/mol. The lowest BCUT2D eigenvalue weighted by molar-refractivity contribution is 0.401. The average Bonchev–Trinajstić information content (AvgIpc) is 3.07. The van der Waals surface area contributed by atoms with Crippen LogP contribution in [0.4, 0.5) is 0 Å². The van der Waals surface area contributed by atoms with E-state index >= 15 is 0 Å². The molecular formula is C20H27N3O4S. The number of aryl methyl sites for hydroxylation is 2. The van der Waals surface area contributed by atoms with Crippen LogP contribution in [0.15, 0.2) is 34.0 Å². The highest BCUT2D eigenvalue weighted by molar-refractivity contribution is 7.89. The first-order valence-electron chi connectivity index (χ1n) is 9.40. The maximum absolute atomic E-state index is 12.9. The van der Waals surface area contributed by atoms with Crippen molar-refractivity contribution < 1.29 is 13.2 Å². The van der Waals surface area contributed by atoms with Crippen molar-refractivity contribution in [1.29, 1.82) is 0 Å². The quantitative estimate of drug-likeness (QED) is 0.794. The molecule has 0 radical (unpaired) electrons. The molecule has 3 rings (SSSR count). The van der Waals surface area contributed by atoms with Crippen molar-refractivity contribution in [3.05, 3.63) is 51.4 Å². The van der Waals surface area contributed by atoms with Crippen LogP contribution < -0.4 is 15.0 Å². The molecule has 1 N–H and O–H groups in total. The van der Waals surface area contributed by atoms with Crippen molar-refractivity contribution in [3.8, 4) is 5.75 Å². The van der Waals surface area contributed by atoms with Gasteiger partial charge in [-0.2, -0.15) is 5.10 Å². The number of nitrogens with one attached hydrogen (secondary N) is 1. The minimum atomic E-state index is -3.80. The number of hydrogen-bond acceptors (Lipinski definition) is 5. The molecule has 28 heavy (non-hydrogen) atoms. The maximum Gasteiger partial charge on any atom is 0.267 e. The Labute approximate surface area is 165 Å². The Balaban J connectivity index is 1.78. The highest BCUT2D eigenvalue weighted by Gasteiger charge is 2.23. The molecule has 8 heteroatoms. The van der Waals surface area contributed by atoms with Crippen LogP contribution in [0.25, 0.3) is 0 Å². The smallest absolute Gasteiger partial charge is 0.267 e. The summed E-state index contributed by atoms with van der Waals surface area (Å²) in [6.45, 7) is 6.29. The third kappa shape index (κ3) is 4.28. The molecule has 1 aliphatic carbocycles. The first-order valence-corrected chi connectivity index (χ1v) is 10.9. The van der Waals surface area contributed by atoms with E-state index in [1.54, 1.807) is 18.2 Å². The number of ether oxygens (including phenoxy) is 1.